The molecule has 6 heteroatoms. The van der Waals surface area contributed by atoms with Crippen LogP contribution >= 0.6 is 0 Å². The zero-order valence-corrected chi connectivity index (χ0v) is 24.4. The van der Waals surface area contributed by atoms with Gasteiger partial charge in [-0.3, -0.25) is 0 Å². The van der Waals surface area contributed by atoms with E-state index in [-0.39, 0.29) is 31.2 Å². The number of benzene rings is 4. The van der Waals surface area contributed by atoms with Crippen molar-refractivity contribution in [2.75, 3.05) is 4.90 Å². The van der Waals surface area contributed by atoms with E-state index in [0.29, 0.717) is 11.3 Å². The average molecular weight is 730 g/mol. The summed E-state index contributed by atoms with van der Waals surface area (Å²) >= 11 is 0. The van der Waals surface area contributed by atoms with E-state index in [1.54, 1.807) is 18.3 Å². The Morgan fingerprint density at radius 2 is 1.38 bits per heavy atom. The molecule has 2 aliphatic rings. The second-order valence-electron chi connectivity index (χ2n) is 9.34. The normalized spacial score (nSPS) is 14.4. The molecule has 207 valence electrons. The summed E-state index contributed by atoms with van der Waals surface area (Å²) in [7, 11) is 0. The van der Waals surface area contributed by atoms with E-state index in [1.165, 1.54) is 24.4 Å². The van der Waals surface area contributed by atoms with Crippen molar-refractivity contribution in [3.8, 4) is 45.5 Å². The summed E-state index contributed by atoms with van der Waals surface area (Å²) in [5.41, 5.74) is 6.20. The Hall–Kier alpha value is -4.77. The maximum atomic E-state index is 7.28. The zero-order valence-electron chi connectivity index (χ0n) is 28.0. The minimum Gasteiger partial charge on any atom is -0.497 e. The van der Waals surface area contributed by atoms with Crippen molar-refractivity contribution in [2.45, 2.75) is 13.7 Å². The van der Waals surface area contributed by atoms with Crippen molar-refractivity contribution in [3.63, 3.8) is 0 Å². The van der Waals surface area contributed by atoms with Gasteiger partial charge in [-0.2, -0.15) is 0 Å². The number of hydrogen-bond donors (Lipinski definition) is 0. The van der Waals surface area contributed by atoms with E-state index in [1.807, 2.05) is 60.7 Å². The monoisotopic (exact) mass is 730 g/mol. The molecule has 2 aliphatic heterocycles. The maximum Gasteiger partial charge on any atom is 0.155 e. The topological polar surface area (TPSA) is 47.5 Å². The summed E-state index contributed by atoms with van der Waals surface area (Å²) in [5, 5.41) is 0. The summed E-state index contributed by atoms with van der Waals surface area (Å²) in [6.07, 6.45) is 3.09. The zero-order chi connectivity index (χ0) is 32.8. The largest absolute Gasteiger partial charge is 0.497 e. The van der Waals surface area contributed by atoms with Crippen LogP contribution in [0.4, 0.5) is 17.1 Å². The van der Waals surface area contributed by atoms with E-state index in [9.17, 15) is 0 Å². The molecular formula is C36H25IrN3O2-2. The van der Waals surface area contributed by atoms with E-state index in [4.69, 9.17) is 17.7 Å². The molecule has 0 amide bonds. The molecule has 0 N–H and O–H groups in total. The fourth-order valence-electron chi connectivity index (χ4n) is 4.75. The Morgan fingerprint density at radius 3 is 2.12 bits per heavy atom. The van der Waals surface area contributed by atoms with Gasteiger partial charge < -0.3 is 24.3 Å². The summed E-state index contributed by atoms with van der Waals surface area (Å²) in [4.78, 5) is 10.7. The molecule has 2 aromatic heterocycles. The van der Waals surface area contributed by atoms with Crippen molar-refractivity contribution in [2.24, 2.45) is 0 Å². The van der Waals surface area contributed by atoms with Crippen LogP contribution in [0.25, 0.3) is 22.5 Å². The Bertz CT molecular complexity index is 2000. The van der Waals surface area contributed by atoms with Gasteiger partial charge in [-0.15, -0.1) is 59.2 Å². The van der Waals surface area contributed by atoms with E-state index in [0.717, 1.165) is 51.3 Å². The number of rotatable bonds is 2. The molecule has 0 saturated carbocycles. The van der Waals surface area contributed by atoms with Crippen LogP contribution < -0.4 is 14.4 Å². The molecular weight excluding hydrogens is 699 g/mol. The number of ether oxygens (including phenoxy) is 2. The van der Waals surface area contributed by atoms with Gasteiger partial charge in [-0.05, 0) is 54.1 Å². The summed E-state index contributed by atoms with van der Waals surface area (Å²) in [5.74, 6) is 3.14. The molecule has 0 atom stereocenters. The molecule has 4 heterocycles. The number of hydrogen-bond acceptors (Lipinski definition) is 5. The SMILES string of the molecule is [2H]C([2H])([2H])c1c[c-]c(-c2ccc(C([2H])([2H])[2H])cn2)cc1.[Ir].[c-]1cc2c(cc1-c1ccccn1)N1c3ccccc3Oc3cccc(c31)O2. The predicted octanol–water partition coefficient (Wildman–Crippen LogP) is 9.39. The number of nitrogens with zero attached hydrogens (tertiary/aromatic N) is 3. The summed E-state index contributed by atoms with van der Waals surface area (Å²) < 4.78 is 55.9. The Labute approximate surface area is 267 Å². The molecule has 0 bridgehead atoms. The number of para-hydroxylation sites is 3. The van der Waals surface area contributed by atoms with Crippen LogP contribution in [0.2, 0.25) is 0 Å². The van der Waals surface area contributed by atoms with E-state index < -0.39 is 13.7 Å². The molecule has 0 saturated heterocycles. The van der Waals surface area contributed by atoms with Crippen LogP contribution in [-0.2, 0) is 20.1 Å². The fraction of sp³-hybridized carbons (Fsp3) is 0.0556. The fourth-order valence-corrected chi connectivity index (χ4v) is 4.75. The quantitative estimate of drug-likeness (QED) is 0.166. The second kappa shape index (κ2) is 11.6. The molecule has 0 unspecified atom stereocenters. The standard InChI is InChI=1S/C23H13N2O2.C13H12N.Ir/c1-2-8-19-17(7-1)25-18-14-15(16-6-3-4-13-24-16)11-12-20(18)27-22-10-5-9-21(26-19)23(22)25;1-10-3-6-12(7-4-10)13-8-5-11(2)9-14-13;/h1-10,12-14H;3-6,8-9H,1-2H3;/q2*-1;/i;1D3,2D3;. The first-order valence-electron chi connectivity index (χ1n) is 15.9. The number of fused-ring (bicyclic) bond motifs is 4. The molecule has 0 spiro atoms. The van der Waals surface area contributed by atoms with Crippen LogP contribution in [-0.4, -0.2) is 9.97 Å². The molecule has 4 aromatic carbocycles. The van der Waals surface area contributed by atoms with Crippen LogP contribution in [0.5, 0.6) is 23.0 Å². The van der Waals surface area contributed by atoms with Crippen molar-refractivity contribution in [1.82, 2.24) is 9.97 Å². The number of aryl methyl sites for hydroxylation is 2. The third-order valence-electron chi connectivity index (χ3n) is 6.66. The first-order chi connectivity index (χ1) is 22.6. The van der Waals surface area contributed by atoms with Gasteiger partial charge in [0.15, 0.2) is 11.5 Å². The molecule has 0 aliphatic carbocycles. The molecule has 1 radical (unpaired) electrons. The van der Waals surface area contributed by atoms with Crippen LogP contribution in [0, 0.1) is 25.8 Å². The summed E-state index contributed by atoms with van der Waals surface area (Å²) in [6.45, 7) is -4.34. The first-order valence-corrected chi connectivity index (χ1v) is 12.9. The van der Waals surface area contributed by atoms with Gasteiger partial charge >= 0.3 is 0 Å². The van der Waals surface area contributed by atoms with Gasteiger partial charge in [0.05, 0.1) is 11.4 Å². The third kappa shape index (κ3) is 5.18. The number of aromatic nitrogens is 2. The minimum absolute atomic E-state index is 0. The van der Waals surface area contributed by atoms with Gasteiger partial charge in [0.25, 0.3) is 0 Å². The van der Waals surface area contributed by atoms with Crippen LogP contribution in [0.3, 0.4) is 0 Å². The van der Waals surface area contributed by atoms with E-state index in [2.05, 4.69) is 39.1 Å². The molecule has 6 aromatic rings. The molecule has 8 rings (SSSR count). The Balaban J connectivity index is 0.000000172. The van der Waals surface area contributed by atoms with Crippen LogP contribution in [0.1, 0.15) is 19.4 Å². The molecule has 0 fully saturated rings. The maximum absolute atomic E-state index is 7.28. The van der Waals surface area contributed by atoms with Gasteiger partial charge in [-0.25, -0.2) is 0 Å². The minimum atomic E-state index is -2.18. The van der Waals surface area contributed by atoms with Crippen molar-refractivity contribution >= 4 is 17.1 Å². The van der Waals surface area contributed by atoms with Gasteiger partial charge in [0, 0.05) is 46.4 Å². The van der Waals surface area contributed by atoms with Gasteiger partial charge in [-0.1, -0.05) is 49.3 Å². The summed E-state index contributed by atoms with van der Waals surface area (Å²) in [6, 6.07) is 37.4. The molecule has 5 nitrogen and oxygen atoms in total. The third-order valence-corrected chi connectivity index (χ3v) is 6.66. The van der Waals surface area contributed by atoms with Crippen molar-refractivity contribution in [3.05, 3.63) is 139 Å². The predicted molar refractivity (Wildman–Crippen MR) is 161 cm³/mol. The number of anilines is 3. The number of pyridine rings is 2. The average Bonchev–Trinajstić information content (AvgIpc) is 3.08. The van der Waals surface area contributed by atoms with Crippen molar-refractivity contribution < 1.29 is 37.8 Å². The van der Waals surface area contributed by atoms with Gasteiger partial charge in [0.1, 0.15) is 11.4 Å². The second-order valence-corrected chi connectivity index (χ2v) is 9.34. The molecule has 42 heavy (non-hydrogen) atoms. The Kier molecular flexibility index (Phi) is 5.81. The Morgan fingerprint density at radius 1 is 0.643 bits per heavy atom. The van der Waals surface area contributed by atoms with E-state index >= 15 is 0 Å². The van der Waals surface area contributed by atoms with Gasteiger partial charge in [0.2, 0.25) is 0 Å². The smallest absolute Gasteiger partial charge is 0.155 e. The van der Waals surface area contributed by atoms with Crippen molar-refractivity contribution in [1.29, 1.82) is 0 Å². The first kappa shape index (κ1) is 21.0. The van der Waals surface area contributed by atoms with Crippen LogP contribution in [0.15, 0.2) is 116 Å².